The van der Waals surface area contributed by atoms with Gasteiger partial charge in [0.15, 0.2) is 4.77 Å². The van der Waals surface area contributed by atoms with E-state index in [0.717, 1.165) is 44.3 Å². The first-order chi connectivity index (χ1) is 15.2. The first-order valence-corrected chi connectivity index (χ1v) is 10.3. The second kappa shape index (κ2) is 6.75. The van der Waals surface area contributed by atoms with Gasteiger partial charge in [-0.25, -0.2) is 0 Å². The minimum absolute atomic E-state index is 0.134. The smallest absolute Gasteiger partial charge is 0.266 e. The Morgan fingerprint density at radius 3 is 2.42 bits per heavy atom. The summed E-state index contributed by atoms with van der Waals surface area (Å²) in [5, 5.41) is 2.67. The quantitative estimate of drug-likeness (QED) is 0.351. The molecule has 31 heavy (non-hydrogen) atoms. The average Bonchev–Trinajstić information content (AvgIpc) is 3.18. The topological polar surface area (TPSA) is 66.5 Å². The normalized spacial score (nSPS) is 11.5. The third-order valence-corrected chi connectivity index (χ3v) is 5.90. The Bertz CT molecular complexity index is 1730. The molecule has 0 aliphatic heterocycles. The summed E-state index contributed by atoms with van der Waals surface area (Å²) in [6.45, 7) is 0. The van der Waals surface area contributed by atoms with E-state index in [1.807, 2.05) is 85.1 Å². The molecule has 0 aliphatic rings. The maximum atomic E-state index is 13.2. The minimum Gasteiger partial charge on any atom is -0.353 e. The van der Waals surface area contributed by atoms with Crippen LogP contribution in [0.25, 0.3) is 49.7 Å². The molecule has 6 aromatic rings. The minimum atomic E-state index is -0.134. The van der Waals surface area contributed by atoms with Gasteiger partial charge in [-0.1, -0.05) is 42.5 Å². The number of aromatic amines is 2. The van der Waals surface area contributed by atoms with E-state index < -0.39 is 0 Å². The third-order valence-electron chi connectivity index (χ3n) is 5.61. The van der Waals surface area contributed by atoms with Crippen LogP contribution in [-0.4, -0.2) is 19.5 Å². The lowest BCUT2D eigenvalue weighted by Gasteiger charge is -2.08. The van der Waals surface area contributed by atoms with Gasteiger partial charge < -0.3 is 9.97 Å². The summed E-state index contributed by atoms with van der Waals surface area (Å²) in [7, 11) is 0. The second-order valence-corrected chi connectivity index (χ2v) is 7.81. The van der Waals surface area contributed by atoms with Crippen LogP contribution >= 0.6 is 12.2 Å². The van der Waals surface area contributed by atoms with Gasteiger partial charge in [-0.05, 0) is 48.6 Å². The largest absolute Gasteiger partial charge is 0.353 e. The van der Waals surface area contributed by atoms with Crippen molar-refractivity contribution in [2.45, 2.75) is 0 Å². The lowest BCUT2D eigenvalue weighted by Crippen LogP contribution is -2.20. The summed E-state index contributed by atoms with van der Waals surface area (Å²) in [6, 6.07) is 25.4. The van der Waals surface area contributed by atoms with Crippen molar-refractivity contribution in [2.24, 2.45) is 0 Å². The van der Waals surface area contributed by atoms with E-state index in [9.17, 15) is 4.79 Å². The molecule has 3 heterocycles. The summed E-state index contributed by atoms with van der Waals surface area (Å²) in [5.74, 6) is 0. The van der Waals surface area contributed by atoms with Crippen molar-refractivity contribution in [3.63, 3.8) is 0 Å². The summed E-state index contributed by atoms with van der Waals surface area (Å²) < 4.78 is 1.92. The molecule has 0 radical (unpaired) electrons. The first-order valence-electron chi connectivity index (χ1n) is 9.91. The molecule has 0 saturated carbocycles. The highest BCUT2D eigenvalue weighted by molar-refractivity contribution is 7.71. The van der Waals surface area contributed by atoms with Gasteiger partial charge in [0.25, 0.3) is 5.56 Å². The van der Waals surface area contributed by atoms with Crippen LogP contribution in [0.15, 0.2) is 89.9 Å². The Hall–Kier alpha value is -4.03. The van der Waals surface area contributed by atoms with Crippen LogP contribution in [0.1, 0.15) is 0 Å². The summed E-state index contributed by atoms with van der Waals surface area (Å²) in [4.78, 5) is 24.5. The van der Waals surface area contributed by atoms with E-state index in [4.69, 9.17) is 12.2 Å². The van der Waals surface area contributed by atoms with Gasteiger partial charge in [-0.15, -0.1) is 0 Å². The second-order valence-electron chi connectivity index (χ2n) is 7.42. The lowest BCUT2D eigenvalue weighted by molar-refractivity contribution is 0.942. The van der Waals surface area contributed by atoms with Crippen molar-refractivity contribution in [3.05, 3.63) is 100 Å². The van der Waals surface area contributed by atoms with Crippen LogP contribution < -0.4 is 5.56 Å². The summed E-state index contributed by atoms with van der Waals surface area (Å²) >= 11 is 5.52. The maximum Gasteiger partial charge on any atom is 0.266 e. The van der Waals surface area contributed by atoms with Crippen LogP contribution in [0.3, 0.4) is 0 Å². The Balaban J connectivity index is 1.63. The summed E-state index contributed by atoms with van der Waals surface area (Å²) in [6.07, 6.45) is 1.82. The zero-order valence-electron chi connectivity index (χ0n) is 16.3. The Kier molecular flexibility index (Phi) is 3.88. The van der Waals surface area contributed by atoms with Crippen LogP contribution in [0.4, 0.5) is 0 Å². The van der Waals surface area contributed by atoms with E-state index in [2.05, 4.69) is 15.0 Å². The van der Waals surface area contributed by atoms with Crippen molar-refractivity contribution in [3.8, 4) is 16.9 Å². The number of para-hydroxylation sites is 1. The highest BCUT2D eigenvalue weighted by atomic mass is 32.1. The van der Waals surface area contributed by atoms with E-state index in [0.29, 0.717) is 10.2 Å². The van der Waals surface area contributed by atoms with Gasteiger partial charge in [-0.3, -0.25) is 14.3 Å². The molecule has 0 fully saturated rings. The molecule has 0 unspecified atom stereocenters. The number of rotatable bonds is 2. The SMILES string of the molecule is O=c1c2ccccc2[nH]c(=S)n1-c1ccc2[nH]c3c(-c4ccccc4)nccc3c2c1. The lowest BCUT2D eigenvalue weighted by atomic mass is 10.1. The Morgan fingerprint density at radius 1 is 0.774 bits per heavy atom. The zero-order chi connectivity index (χ0) is 20.9. The number of pyridine rings is 1. The number of hydrogen-bond donors (Lipinski definition) is 2. The predicted molar refractivity (Wildman–Crippen MR) is 127 cm³/mol. The molecule has 3 aromatic carbocycles. The van der Waals surface area contributed by atoms with Crippen LogP contribution in [0.5, 0.6) is 0 Å². The van der Waals surface area contributed by atoms with Gasteiger partial charge in [0.1, 0.15) is 0 Å². The molecule has 0 atom stereocenters. The van der Waals surface area contributed by atoms with Crippen LogP contribution in [0, 0.1) is 4.77 Å². The van der Waals surface area contributed by atoms with Crippen molar-refractivity contribution in [1.29, 1.82) is 0 Å². The maximum absolute atomic E-state index is 13.2. The molecule has 5 nitrogen and oxygen atoms in total. The molecule has 2 N–H and O–H groups in total. The molecular formula is C25H16N4OS. The van der Waals surface area contributed by atoms with Crippen molar-refractivity contribution >= 4 is 44.9 Å². The zero-order valence-corrected chi connectivity index (χ0v) is 17.1. The number of hydrogen-bond acceptors (Lipinski definition) is 3. The Morgan fingerprint density at radius 2 is 1.55 bits per heavy atom. The van der Waals surface area contributed by atoms with Crippen molar-refractivity contribution < 1.29 is 0 Å². The summed E-state index contributed by atoms with van der Waals surface area (Å²) in [5.41, 5.74) is 5.22. The number of H-pyrrole nitrogens is 2. The molecule has 0 amide bonds. The number of benzene rings is 3. The van der Waals surface area contributed by atoms with Gasteiger partial charge in [0.2, 0.25) is 0 Å². The molecule has 148 valence electrons. The van der Waals surface area contributed by atoms with Crippen molar-refractivity contribution in [2.75, 3.05) is 0 Å². The third kappa shape index (κ3) is 2.73. The molecule has 0 saturated heterocycles. The fourth-order valence-corrected chi connectivity index (χ4v) is 4.46. The molecule has 6 rings (SSSR count). The Labute approximate surface area is 181 Å². The van der Waals surface area contributed by atoms with Crippen LogP contribution in [-0.2, 0) is 0 Å². The average molecular weight is 420 g/mol. The van der Waals surface area contributed by atoms with E-state index in [1.54, 1.807) is 4.57 Å². The number of nitrogens with one attached hydrogen (secondary N) is 2. The van der Waals surface area contributed by atoms with Crippen LogP contribution in [0.2, 0.25) is 0 Å². The van der Waals surface area contributed by atoms with E-state index in [1.165, 1.54) is 0 Å². The molecular weight excluding hydrogens is 404 g/mol. The number of fused-ring (bicyclic) bond motifs is 4. The fraction of sp³-hybridized carbons (Fsp3) is 0. The number of aromatic nitrogens is 4. The van der Waals surface area contributed by atoms with E-state index >= 15 is 0 Å². The highest BCUT2D eigenvalue weighted by Crippen LogP contribution is 2.32. The first kappa shape index (κ1) is 17.8. The van der Waals surface area contributed by atoms with Crippen molar-refractivity contribution in [1.82, 2.24) is 19.5 Å². The van der Waals surface area contributed by atoms with Gasteiger partial charge in [-0.2, -0.15) is 0 Å². The van der Waals surface area contributed by atoms with Gasteiger partial charge >= 0.3 is 0 Å². The predicted octanol–water partition coefficient (Wildman–Crippen LogP) is 5.74. The van der Waals surface area contributed by atoms with Gasteiger partial charge in [0, 0.05) is 28.0 Å². The highest BCUT2D eigenvalue weighted by Gasteiger charge is 2.13. The van der Waals surface area contributed by atoms with Gasteiger partial charge in [0.05, 0.1) is 27.8 Å². The molecule has 0 spiro atoms. The fourth-order valence-electron chi connectivity index (χ4n) is 4.16. The molecule has 0 aliphatic carbocycles. The molecule has 0 bridgehead atoms. The molecule has 3 aromatic heterocycles. The number of nitrogens with zero attached hydrogens (tertiary/aromatic N) is 2. The molecule has 6 heteroatoms. The monoisotopic (exact) mass is 420 g/mol. The standard InChI is InChI=1S/C25H16N4OS/c30-24-18-8-4-5-9-20(18)28-25(31)29(24)16-10-11-21-19(14-16)17-12-13-26-22(23(17)27-21)15-6-2-1-3-7-15/h1-14,27H,(H,28,31). The van der Waals surface area contributed by atoms with E-state index in [-0.39, 0.29) is 5.56 Å².